The second kappa shape index (κ2) is 6.42. The minimum atomic E-state index is -0.331. The summed E-state index contributed by atoms with van der Waals surface area (Å²) in [7, 11) is 0. The van der Waals surface area contributed by atoms with Crippen LogP contribution in [0.3, 0.4) is 0 Å². The second-order valence-electron chi connectivity index (χ2n) is 5.42. The minimum absolute atomic E-state index is 0.135. The fourth-order valence-corrected chi connectivity index (χ4v) is 2.51. The zero-order valence-electron chi connectivity index (χ0n) is 13.1. The summed E-state index contributed by atoms with van der Waals surface area (Å²) < 4.78 is 0. The number of aromatic hydroxyl groups is 1. The highest BCUT2D eigenvalue weighted by atomic mass is 16.3. The highest BCUT2D eigenvalue weighted by molar-refractivity contribution is 5.95. The van der Waals surface area contributed by atoms with E-state index in [0.717, 1.165) is 11.0 Å². The molecular formula is C18H16N4O2. The van der Waals surface area contributed by atoms with Crippen LogP contribution in [0, 0.1) is 11.3 Å². The Balaban J connectivity index is 1.83. The summed E-state index contributed by atoms with van der Waals surface area (Å²) in [5.41, 5.74) is 2.18. The van der Waals surface area contributed by atoms with Gasteiger partial charge in [0, 0.05) is 5.56 Å². The lowest BCUT2D eigenvalue weighted by molar-refractivity contribution is 0.0933. The van der Waals surface area contributed by atoms with E-state index in [0.29, 0.717) is 17.8 Å². The number of nitrogens with zero attached hydrogens (tertiary/aromatic N) is 2. The lowest BCUT2D eigenvalue weighted by atomic mass is 10.1. The predicted octanol–water partition coefficient (Wildman–Crippen LogP) is 3.02. The standard InChI is InChI=1S/C18H16N4O2/c1-2-13(17-20-14-5-3-4-6-15(14)21-17)22-18(24)11-7-8-12(10-19)16(23)9-11/h3-9,13,23H,2H2,1H3,(H,20,21)(H,22,24). The Hall–Kier alpha value is -3.33. The molecule has 0 aliphatic heterocycles. The van der Waals surface area contributed by atoms with Crippen molar-refractivity contribution >= 4 is 16.9 Å². The first-order valence-electron chi connectivity index (χ1n) is 7.61. The molecule has 3 N–H and O–H groups in total. The second-order valence-corrected chi connectivity index (χ2v) is 5.42. The van der Waals surface area contributed by atoms with Crippen molar-refractivity contribution < 1.29 is 9.90 Å². The van der Waals surface area contributed by atoms with Crippen molar-refractivity contribution in [2.24, 2.45) is 0 Å². The third-order valence-corrected chi connectivity index (χ3v) is 3.83. The number of imidazole rings is 1. The van der Waals surface area contributed by atoms with E-state index in [1.807, 2.05) is 37.3 Å². The number of phenolic OH excluding ortho intramolecular Hbond substituents is 1. The van der Waals surface area contributed by atoms with Gasteiger partial charge in [0.2, 0.25) is 0 Å². The number of benzene rings is 2. The predicted molar refractivity (Wildman–Crippen MR) is 89.4 cm³/mol. The van der Waals surface area contributed by atoms with Gasteiger partial charge >= 0.3 is 0 Å². The lowest BCUT2D eigenvalue weighted by Gasteiger charge is -2.15. The summed E-state index contributed by atoms with van der Waals surface area (Å²) in [6.07, 6.45) is 0.661. The number of amides is 1. The van der Waals surface area contributed by atoms with Gasteiger partial charge in [-0.05, 0) is 36.8 Å². The smallest absolute Gasteiger partial charge is 0.252 e. The van der Waals surface area contributed by atoms with E-state index in [4.69, 9.17) is 5.26 Å². The summed E-state index contributed by atoms with van der Waals surface area (Å²) in [5.74, 6) is 0.147. The zero-order valence-corrected chi connectivity index (χ0v) is 13.1. The van der Waals surface area contributed by atoms with E-state index in [1.54, 1.807) is 0 Å². The van der Waals surface area contributed by atoms with Crippen molar-refractivity contribution in [3.8, 4) is 11.8 Å². The van der Waals surface area contributed by atoms with E-state index in [-0.39, 0.29) is 23.3 Å². The third-order valence-electron chi connectivity index (χ3n) is 3.83. The number of H-pyrrole nitrogens is 1. The lowest BCUT2D eigenvalue weighted by Crippen LogP contribution is -2.28. The van der Waals surface area contributed by atoms with Crippen molar-refractivity contribution in [2.75, 3.05) is 0 Å². The van der Waals surface area contributed by atoms with E-state index < -0.39 is 0 Å². The van der Waals surface area contributed by atoms with Crippen molar-refractivity contribution in [3.63, 3.8) is 0 Å². The fourth-order valence-electron chi connectivity index (χ4n) is 2.51. The first kappa shape index (κ1) is 15.6. The van der Waals surface area contributed by atoms with Crippen LogP contribution in [-0.4, -0.2) is 21.0 Å². The first-order valence-corrected chi connectivity index (χ1v) is 7.61. The number of hydrogen-bond donors (Lipinski definition) is 3. The molecule has 0 spiro atoms. The van der Waals surface area contributed by atoms with Gasteiger partial charge in [0.25, 0.3) is 5.91 Å². The van der Waals surface area contributed by atoms with E-state index in [2.05, 4.69) is 15.3 Å². The number of aromatic nitrogens is 2. The van der Waals surface area contributed by atoms with Crippen LogP contribution in [0.4, 0.5) is 0 Å². The Labute approximate surface area is 138 Å². The first-order chi connectivity index (χ1) is 11.6. The van der Waals surface area contributed by atoms with Crippen LogP contribution >= 0.6 is 0 Å². The molecule has 0 aliphatic rings. The number of phenols is 1. The Morgan fingerprint density at radius 1 is 1.38 bits per heavy atom. The molecule has 0 bridgehead atoms. The average Bonchev–Trinajstić information content (AvgIpc) is 3.03. The molecule has 0 saturated heterocycles. The van der Waals surface area contributed by atoms with E-state index >= 15 is 0 Å². The Bertz CT molecular complexity index is 907. The Morgan fingerprint density at radius 3 is 2.83 bits per heavy atom. The van der Waals surface area contributed by atoms with Crippen LogP contribution in [0.2, 0.25) is 0 Å². The van der Waals surface area contributed by atoms with Gasteiger partial charge in [-0.25, -0.2) is 4.98 Å². The van der Waals surface area contributed by atoms with Gasteiger partial charge < -0.3 is 15.4 Å². The van der Waals surface area contributed by atoms with E-state index in [9.17, 15) is 9.90 Å². The van der Waals surface area contributed by atoms with Crippen LogP contribution in [0.5, 0.6) is 5.75 Å². The molecule has 3 aromatic rings. The molecule has 0 radical (unpaired) electrons. The van der Waals surface area contributed by atoms with Crippen LogP contribution in [0.15, 0.2) is 42.5 Å². The fraction of sp³-hybridized carbons (Fsp3) is 0.167. The maximum atomic E-state index is 12.4. The summed E-state index contributed by atoms with van der Waals surface area (Å²) >= 11 is 0. The maximum absolute atomic E-state index is 12.4. The van der Waals surface area contributed by atoms with Gasteiger partial charge in [0.05, 0.1) is 22.6 Å². The van der Waals surface area contributed by atoms with Gasteiger partial charge in [-0.15, -0.1) is 0 Å². The van der Waals surface area contributed by atoms with Crippen molar-refractivity contribution in [1.82, 2.24) is 15.3 Å². The molecular weight excluding hydrogens is 304 g/mol. The molecule has 1 atom stereocenters. The topological polar surface area (TPSA) is 102 Å². The molecule has 3 rings (SSSR count). The Kier molecular flexibility index (Phi) is 4.17. The van der Waals surface area contributed by atoms with Gasteiger partial charge in [-0.1, -0.05) is 19.1 Å². The molecule has 0 saturated carbocycles. The SMILES string of the molecule is CCC(NC(=O)c1ccc(C#N)c(O)c1)c1nc2ccccc2[nH]1. The molecule has 0 fully saturated rings. The quantitative estimate of drug-likeness (QED) is 0.687. The zero-order chi connectivity index (χ0) is 17.1. The highest BCUT2D eigenvalue weighted by Crippen LogP contribution is 2.21. The van der Waals surface area contributed by atoms with Crippen LogP contribution in [0.1, 0.15) is 41.1 Å². The number of carbonyl (C=O) groups is 1. The van der Waals surface area contributed by atoms with Crippen LogP contribution in [0.25, 0.3) is 11.0 Å². The number of nitrogens with one attached hydrogen (secondary N) is 2. The molecule has 24 heavy (non-hydrogen) atoms. The molecule has 2 aromatic carbocycles. The largest absolute Gasteiger partial charge is 0.507 e. The third kappa shape index (κ3) is 2.92. The van der Waals surface area contributed by atoms with Crippen LogP contribution in [-0.2, 0) is 0 Å². The highest BCUT2D eigenvalue weighted by Gasteiger charge is 2.18. The number of rotatable bonds is 4. The molecule has 1 amide bonds. The van der Waals surface area contributed by atoms with Crippen molar-refractivity contribution in [1.29, 1.82) is 5.26 Å². The minimum Gasteiger partial charge on any atom is -0.507 e. The summed E-state index contributed by atoms with van der Waals surface area (Å²) in [6.45, 7) is 1.95. The van der Waals surface area contributed by atoms with E-state index in [1.165, 1.54) is 18.2 Å². The number of fused-ring (bicyclic) bond motifs is 1. The number of nitriles is 1. The molecule has 120 valence electrons. The number of hydrogen-bond acceptors (Lipinski definition) is 4. The molecule has 0 aliphatic carbocycles. The molecule has 6 heteroatoms. The number of para-hydroxylation sites is 2. The average molecular weight is 320 g/mol. The number of carbonyl (C=O) groups excluding carboxylic acids is 1. The summed E-state index contributed by atoms with van der Waals surface area (Å²) in [4.78, 5) is 20.1. The Morgan fingerprint density at radius 2 is 2.17 bits per heavy atom. The van der Waals surface area contributed by atoms with Crippen molar-refractivity contribution in [3.05, 3.63) is 59.4 Å². The maximum Gasteiger partial charge on any atom is 0.252 e. The van der Waals surface area contributed by atoms with Crippen LogP contribution < -0.4 is 5.32 Å². The monoisotopic (exact) mass is 320 g/mol. The molecule has 1 aromatic heterocycles. The van der Waals surface area contributed by atoms with Gasteiger partial charge in [-0.3, -0.25) is 4.79 Å². The van der Waals surface area contributed by atoms with Gasteiger partial charge in [-0.2, -0.15) is 5.26 Å². The molecule has 6 nitrogen and oxygen atoms in total. The summed E-state index contributed by atoms with van der Waals surface area (Å²) in [6, 6.07) is 13.5. The van der Waals surface area contributed by atoms with Gasteiger partial charge in [0.15, 0.2) is 0 Å². The van der Waals surface area contributed by atoms with Gasteiger partial charge in [0.1, 0.15) is 17.6 Å². The van der Waals surface area contributed by atoms with Crippen molar-refractivity contribution in [2.45, 2.75) is 19.4 Å². The molecule has 1 unspecified atom stereocenters. The number of aromatic amines is 1. The summed E-state index contributed by atoms with van der Waals surface area (Å²) in [5, 5.41) is 21.4. The normalized spacial score (nSPS) is 11.8. The molecule has 1 heterocycles.